The molecule has 0 atom stereocenters. The van der Waals surface area contributed by atoms with E-state index < -0.39 is 0 Å². The lowest BCUT2D eigenvalue weighted by Gasteiger charge is -2.29. The number of nitrogens with two attached hydrogens (primary N) is 1. The van der Waals surface area contributed by atoms with Gasteiger partial charge >= 0.3 is 7.12 Å². The van der Waals surface area contributed by atoms with Crippen molar-refractivity contribution in [3.63, 3.8) is 0 Å². The number of benzene rings is 1. The third kappa shape index (κ3) is 3.08. The van der Waals surface area contributed by atoms with Crippen LogP contribution in [0.4, 0.5) is 0 Å². The minimum absolute atomic E-state index is 0.165. The van der Waals surface area contributed by atoms with E-state index in [1.54, 1.807) is 0 Å². The largest absolute Gasteiger partial charge is 0.493 e. The maximum absolute atomic E-state index is 6.07. The first-order valence-electron chi connectivity index (χ1n) is 5.74. The van der Waals surface area contributed by atoms with Crippen molar-refractivity contribution in [1.29, 1.82) is 0 Å². The number of hydrogen-bond acceptors (Lipinski definition) is 3. The van der Waals surface area contributed by atoms with Gasteiger partial charge in [-0.2, -0.15) is 0 Å². The first kappa shape index (κ1) is 11.6. The molecular weight excluding hydrogens is 201 g/mol. The lowest BCUT2D eigenvalue weighted by atomic mass is 9.78. The van der Waals surface area contributed by atoms with Gasteiger partial charge in [0.1, 0.15) is 0 Å². The molecule has 3 nitrogen and oxygen atoms in total. The predicted octanol–water partition coefficient (Wildman–Crippen LogP) is 0.926. The molecule has 0 aromatic heterocycles. The van der Waals surface area contributed by atoms with Crippen LogP contribution in [0.1, 0.15) is 19.8 Å². The van der Waals surface area contributed by atoms with Crippen LogP contribution in [0.15, 0.2) is 30.3 Å². The topological polar surface area (TPSA) is 44.5 Å². The molecule has 1 aromatic rings. The Labute approximate surface area is 97.1 Å². The summed E-state index contributed by atoms with van der Waals surface area (Å²) in [5, 5.41) is 0. The summed E-state index contributed by atoms with van der Waals surface area (Å²) in [5.74, 6) is 0. The lowest BCUT2D eigenvalue weighted by Crippen LogP contribution is -2.46. The Morgan fingerprint density at radius 2 is 1.69 bits per heavy atom. The second-order valence-electron chi connectivity index (χ2n) is 4.64. The van der Waals surface area contributed by atoms with Crippen LogP contribution in [0.2, 0.25) is 0 Å². The van der Waals surface area contributed by atoms with Crippen molar-refractivity contribution in [3.05, 3.63) is 30.3 Å². The van der Waals surface area contributed by atoms with Gasteiger partial charge in [-0.1, -0.05) is 30.3 Å². The molecule has 2 rings (SSSR count). The molecule has 1 fully saturated rings. The minimum atomic E-state index is -0.239. The van der Waals surface area contributed by atoms with Crippen molar-refractivity contribution in [2.45, 2.75) is 25.3 Å². The van der Waals surface area contributed by atoms with Gasteiger partial charge in [0.05, 0.1) is 0 Å². The molecule has 0 aliphatic carbocycles. The molecule has 1 heterocycles. The first-order chi connectivity index (χ1) is 7.67. The van der Waals surface area contributed by atoms with Crippen molar-refractivity contribution in [1.82, 2.24) is 0 Å². The fourth-order valence-electron chi connectivity index (χ4n) is 1.77. The summed E-state index contributed by atoms with van der Waals surface area (Å²) in [4.78, 5) is 0. The summed E-state index contributed by atoms with van der Waals surface area (Å²) >= 11 is 0. The zero-order valence-corrected chi connectivity index (χ0v) is 9.69. The van der Waals surface area contributed by atoms with E-state index in [1.807, 2.05) is 37.3 Å². The van der Waals surface area contributed by atoms with Crippen LogP contribution in [0, 0.1) is 0 Å². The second kappa shape index (κ2) is 5.00. The molecule has 1 saturated heterocycles. The third-order valence-corrected chi connectivity index (χ3v) is 2.96. The summed E-state index contributed by atoms with van der Waals surface area (Å²) in [6, 6.07) is 10.0. The maximum atomic E-state index is 6.07. The summed E-state index contributed by atoms with van der Waals surface area (Å²) in [5.41, 5.74) is 6.98. The molecule has 0 spiro atoms. The fourth-order valence-corrected chi connectivity index (χ4v) is 1.77. The highest BCUT2D eigenvalue weighted by Crippen LogP contribution is 2.14. The van der Waals surface area contributed by atoms with Crippen molar-refractivity contribution < 1.29 is 9.31 Å². The van der Waals surface area contributed by atoms with E-state index in [0.29, 0.717) is 13.2 Å². The van der Waals surface area contributed by atoms with E-state index in [0.717, 1.165) is 18.3 Å². The average Bonchev–Trinajstić information content (AvgIpc) is 2.25. The summed E-state index contributed by atoms with van der Waals surface area (Å²) in [6.45, 7) is 3.34. The van der Waals surface area contributed by atoms with Gasteiger partial charge in [0.15, 0.2) is 0 Å². The molecular formula is C12H18BNO2. The van der Waals surface area contributed by atoms with Gasteiger partial charge in [0.25, 0.3) is 0 Å². The van der Waals surface area contributed by atoms with Crippen LogP contribution >= 0.6 is 0 Å². The smallest absolute Gasteiger partial charge is 0.407 e. The Morgan fingerprint density at radius 1 is 1.12 bits per heavy atom. The Balaban J connectivity index is 1.99. The van der Waals surface area contributed by atoms with Gasteiger partial charge < -0.3 is 15.0 Å². The van der Waals surface area contributed by atoms with Crippen LogP contribution in [0.5, 0.6) is 0 Å². The maximum Gasteiger partial charge on any atom is 0.493 e. The molecule has 4 heteroatoms. The van der Waals surface area contributed by atoms with E-state index >= 15 is 0 Å². The van der Waals surface area contributed by atoms with Gasteiger partial charge in [-0.15, -0.1) is 0 Å². The monoisotopic (exact) mass is 219 g/mol. The van der Waals surface area contributed by atoms with E-state index in [4.69, 9.17) is 15.0 Å². The van der Waals surface area contributed by atoms with Crippen LogP contribution in [-0.4, -0.2) is 25.9 Å². The van der Waals surface area contributed by atoms with Crippen LogP contribution in [0.25, 0.3) is 0 Å². The van der Waals surface area contributed by atoms with E-state index in [-0.39, 0.29) is 12.7 Å². The van der Waals surface area contributed by atoms with Gasteiger partial charge in [-0.05, 0) is 25.2 Å². The lowest BCUT2D eigenvalue weighted by molar-refractivity contribution is 0.143. The molecule has 2 N–H and O–H groups in total. The summed E-state index contributed by atoms with van der Waals surface area (Å²) in [6.07, 6.45) is 1.75. The van der Waals surface area contributed by atoms with Gasteiger partial charge in [-0.25, -0.2) is 0 Å². The van der Waals surface area contributed by atoms with Crippen LogP contribution in [0.3, 0.4) is 0 Å². The van der Waals surface area contributed by atoms with Crippen molar-refractivity contribution in [2.75, 3.05) is 13.2 Å². The summed E-state index contributed by atoms with van der Waals surface area (Å²) < 4.78 is 11.4. The van der Waals surface area contributed by atoms with E-state index in [1.165, 1.54) is 0 Å². The molecule has 0 saturated carbocycles. The number of hydrogen-bond donors (Lipinski definition) is 1. The quantitative estimate of drug-likeness (QED) is 0.714. The van der Waals surface area contributed by atoms with Crippen molar-refractivity contribution in [3.8, 4) is 0 Å². The van der Waals surface area contributed by atoms with Crippen molar-refractivity contribution >= 4 is 12.6 Å². The van der Waals surface area contributed by atoms with Gasteiger partial charge in [0, 0.05) is 18.8 Å². The Bertz CT molecular complexity index is 317. The Kier molecular flexibility index (Phi) is 3.64. The van der Waals surface area contributed by atoms with Crippen LogP contribution < -0.4 is 11.2 Å². The molecule has 0 amide bonds. The highest BCUT2D eigenvalue weighted by Gasteiger charge is 2.27. The molecule has 16 heavy (non-hydrogen) atoms. The average molecular weight is 219 g/mol. The molecule has 86 valence electrons. The van der Waals surface area contributed by atoms with Crippen LogP contribution in [-0.2, 0) is 9.31 Å². The Morgan fingerprint density at radius 3 is 2.25 bits per heavy atom. The molecule has 0 radical (unpaired) electrons. The highest BCUT2D eigenvalue weighted by atomic mass is 16.6. The number of rotatable bonds is 1. The standard InChI is InChI=1S/C12H18BNO2/c1-12(14)7-9-15-13(16-10-8-12)11-5-3-2-4-6-11/h2-6H,7-10,14H2,1H3. The SMILES string of the molecule is CC1(N)CCOB(c2ccccc2)OCC1. The third-order valence-electron chi connectivity index (χ3n) is 2.96. The normalized spacial score (nSPS) is 21.2. The fraction of sp³-hybridized carbons (Fsp3) is 0.500. The summed E-state index contributed by atoms with van der Waals surface area (Å²) in [7, 11) is -0.239. The van der Waals surface area contributed by atoms with Crippen molar-refractivity contribution in [2.24, 2.45) is 5.73 Å². The Hall–Kier alpha value is -0.835. The molecule has 0 bridgehead atoms. The highest BCUT2D eigenvalue weighted by molar-refractivity contribution is 6.61. The zero-order valence-electron chi connectivity index (χ0n) is 9.69. The minimum Gasteiger partial charge on any atom is -0.407 e. The zero-order chi connectivity index (χ0) is 11.4. The molecule has 1 aliphatic rings. The predicted molar refractivity (Wildman–Crippen MR) is 65.6 cm³/mol. The molecule has 0 unspecified atom stereocenters. The van der Waals surface area contributed by atoms with E-state index in [2.05, 4.69) is 0 Å². The molecule has 1 aromatic carbocycles. The van der Waals surface area contributed by atoms with E-state index in [9.17, 15) is 0 Å². The first-order valence-corrected chi connectivity index (χ1v) is 5.74. The van der Waals surface area contributed by atoms with Gasteiger partial charge in [0.2, 0.25) is 0 Å². The second-order valence-corrected chi connectivity index (χ2v) is 4.64. The molecule has 1 aliphatic heterocycles. The van der Waals surface area contributed by atoms with Gasteiger partial charge in [-0.3, -0.25) is 0 Å².